The molecule has 1 aromatic heterocycles. The fraction of sp³-hybridized carbons (Fsp3) is 0.421. The van der Waals surface area contributed by atoms with Crippen LogP contribution >= 0.6 is 11.3 Å². The average Bonchev–Trinajstić information content (AvgIpc) is 3.15. The largest absolute Gasteiger partial charge is 0.297 e. The number of thiazole rings is 1. The van der Waals surface area contributed by atoms with Gasteiger partial charge in [0.15, 0.2) is 0 Å². The van der Waals surface area contributed by atoms with Crippen LogP contribution in [0.15, 0.2) is 41.4 Å². The van der Waals surface area contributed by atoms with Crippen LogP contribution < -0.4 is 0 Å². The van der Waals surface area contributed by atoms with E-state index in [0.29, 0.717) is 13.1 Å². The Morgan fingerprint density at radius 1 is 1.17 bits per heavy atom. The molecule has 2 heterocycles. The van der Waals surface area contributed by atoms with E-state index in [-0.39, 0.29) is 0 Å². The normalized spacial score (nSPS) is 18.3. The first kappa shape index (κ1) is 15.0. The molecule has 2 nitrogen and oxygen atoms in total. The van der Waals surface area contributed by atoms with Crippen molar-refractivity contribution in [3.8, 4) is 0 Å². The maximum Gasteiger partial charge on any atom is 0.125 e. The van der Waals surface area contributed by atoms with Gasteiger partial charge < -0.3 is 0 Å². The van der Waals surface area contributed by atoms with Gasteiger partial charge in [-0.25, -0.2) is 9.37 Å². The van der Waals surface area contributed by atoms with E-state index < -0.39 is 6.17 Å². The van der Waals surface area contributed by atoms with Gasteiger partial charge in [-0.3, -0.25) is 4.90 Å². The molecule has 2 aliphatic rings. The molecule has 0 radical (unpaired) electrons. The number of nitrogens with zero attached hydrogens (tertiary/aromatic N) is 2. The van der Waals surface area contributed by atoms with Crippen LogP contribution in [-0.4, -0.2) is 35.7 Å². The number of alkyl halides is 1. The number of aromatic nitrogens is 1. The van der Waals surface area contributed by atoms with Crippen LogP contribution in [0, 0.1) is 0 Å². The summed E-state index contributed by atoms with van der Waals surface area (Å²) in [5.74, 6) is 0. The van der Waals surface area contributed by atoms with Crippen molar-refractivity contribution in [2.24, 2.45) is 0 Å². The minimum atomic E-state index is -0.603. The van der Waals surface area contributed by atoms with E-state index >= 15 is 0 Å². The fourth-order valence-corrected chi connectivity index (χ4v) is 4.26. The molecule has 23 heavy (non-hydrogen) atoms. The highest BCUT2D eigenvalue weighted by molar-refractivity contribution is 7.09. The SMILES string of the molecule is FC1CN(CCC2=C(CCc3nccs3)c3ccccc3C2)C1. The summed E-state index contributed by atoms with van der Waals surface area (Å²) in [6, 6.07) is 8.76. The molecule has 1 saturated heterocycles. The minimum Gasteiger partial charge on any atom is -0.297 e. The van der Waals surface area contributed by atoms with Crippen LogP contribution in [0.5, 0.6) is 0 Å². The molecule has 1 aliphatic heterocycles. The molecule has 0 amide bonds. The maximum absolute atomic E-state index is 13.0. The van der Waals surface area contributed by atoms with Gasteiger partial charge in [-0.05, 0) is 36.0 Å². The lowest BCUT2D eigenvalue weighted by Gasteiger charge is -2.34. The first-order chi connectivity index (χ1) is 11.3. The molecule has 1 aromatic carbocycles. The van der Waals surface area contributed by atoms with Crippen LogP contribution in [0.1, 0.15) is 29.0 Å². The zero-order chi connectivity index (χ0) is 15.6. The number of halogens is 1. The van der Waals surface area contributed by atoms with Gasteiger partial charge in [0.1, 0.15) is 6.17 Å². The number of fused-ring (bicyclic) bond motifs is 1. The van der Waals surface area contributed by atoms with Crippen LogP contribution in [0.4, 0.5) is 4.39 Å². The van der Waals surface area contributed by atoms with E-state index in [4.69, 9.17) is 0 Å². The highest BCUT2D eigenvalue weighted by Gasteiger charge is 2.27. The van der Waals surface area contributed by atoms with Gasteiger partial charge in [-0.1, -0.05) is 29.8 Å². The second-order valence-electron chi connectivity index (χ2n) is 6.45. The zero-order valence-corrected chi connectivity index (χ0v) is 14.0. The Labute approximate surface area is 140 Å². The molecule has 0 saturated carbocycles. The van der Waals surface area contributed by atoms with E-state index in [1.807, 2.05) is 11.6 Å². The van der Waals surface area contributed by atoms with E-state index in [9.17, 15) is 4.39 Å². The third-order valence-electron chi connectivity index (χ3n) is 4.89. The second-order valence-corrected chi connectivity index (χ2v) is 7.43. The third kappa shape index (κ3) is 3.24. The monoisotopic (exact) mass is 328 g/mol. The van der Waals surface area contributed by atoms with Crippen molar-refractivity contribution < 1.29 is 4.39 Å². The number of hydrogen-bond acceptors (Lipinski definition) is 3. The summed E-state index contributed by atoms with van der Waals surface area (Å²) in [5.41, 5.74) is 5.92. The lowest BCUT2D eigenvalue weighted by molar-refractivity contribution is 0.0670. The Hall–Kier alpha value is -1.52. The van der Waals surface area contributed by atoms with Crippen LogP contribution in [-0.2, 0) is 12.8 Å². The molecule has 1 fully saturated rings. The van der Waals surface area contributed by atoms with E-state index in [0.717, 1.165) is 32.2 Å². The van der Waals surface area contributed by atoms with Crippen molar-refractivity contribution in [1.82, 2.24) is 9.88 Å². The van der Waals surface area contributed by atoms with Gasteiger partial charge in [0.25, 0.3) is 0 Å². The summed E-state index contributed by atoms with van der Waals surface area (Å²) in [4.78, 5) is 6.63. The first-order valence-electron chi connectivity index (χ1n) is 8.33. The van der Waals surface area contributed by atoms with E-state index in [1.54, 1.807) is 16.9 Å². The Bertz CT molecular complexity index is 702. The lowest BCUT2D eigenvalue weighted by atomic mass is 9.99. The highest BCUT2D eigenvalue weighted by atomic mass is 32.1. The quantitative estimate of drug-likeness (QED) is 0.792. The van der Waals surface area contributed by atoms with Crippen molar-refractivity contribution in [1.29, 1.82) is 0 Å². The standard InChI is InChI=1S/C19H21FN2S/c20-16-12-22(13-16)9-7-15-11-14-3-1-2-4-17(14)18(15)5-6-19-21-8-10-23-19/h1-4,8,10,16H,5-7,9,11-13H2. The van der Waals surface area contributed by atoms with Crippen LogP contribution in [0.3, 0.4) is 0 Å². The predicted octanol–water partition coefficient (Wildman–Crippen LogP) is 4.13. The van der Waals surface area contributed by atoms with E-state index in [2.05, 4.69) is 34.1 Å². The summed E-state index contributed by atoms with van der Waals surface area (Å²) in [6.07, 6.45) is 5.49. The van der Waals surface area contributed by atoms with Crippen molar-refractivity contribution in [3.05, 3.63) is 57.6 Å². The topological polar surface area (TPSA) is 16.1 Å². The van der Waals surface area contributed by atoms with Gasteiger partial charge in [0.2, 0.25) is 0 Å². The molecule has 0 bridgehead atoms. The Balaban J connectivity index is 1.48. The number of allylic oxidation sites excluding steroid dienone is 1. The third-order valence-corrected chi connectivity index (χ3v) is 5.73. The Morgan fingerprint density at radius 2 is 2.04 bits per heavy atom. The van der Waals surface area contributed by atoms with Gasteiger partial charge in [0, 0.05) is 37.6 Å². The molecule has 4 rings (SSSR count). The lowest BCUT2D eigenvalue weighted by Crippen LogP contribution is -2.48. The van der Waals surface area contributed by atoms with Gasteiger partial charge in [-0.2, -0.15) is 0 Å². The summed E-state index contributed by atoms with van der Waals surface area (Å²) in [5, 5.41) is 3.26. The van der Waals surface area contributed by atoms with Gasteiger partial charge in [-0.15, -0.1) is 11.3 Å². The molecule has 2 aromatic rings. The smallest absolute Gasteiger partial charge is 0.125 e. The number of aryl methyl sites for hydroxylation is 1. The first-order valence-corrected chi connectivity index (χ1v) is 9.21. The number of benzene rings is 1. The predicted molar refractivity (Wildman–Crippen MR) is 93.5 cm³/mol. The van der Waals surface area contributed by atoms with Crippen LogP contribution in [0.25, 0.3) is 5.57 Å². The highest BCUT2D eigenvalue weighted by Crippen LogP contribution is 2.37. The number of rotatable bonds is 6. The molecule has 4 heteroatoms. The van der Waals surface area contributed by atoms with Crippen molar-refractivity contribution in [2.45, 2.75) is 31.9 Å². The van der Waals surface area contributed by atoms with Crippen molar-refractivity contribution >= 4 is 16.9 Å². The van der Waals surface area contributed by atoms with Gasteiger partial charge >= 0.3 is 0 Å². The molecule has 120 valence electrons. The number of hydrogen-bond donors (Lipinski definition) is 0. The molecular formula is C19H21FN2S. The van der Waals surface area contributed by atoms with Crippen molar-refractivity contribution in [2.75, 3.05) is 19.6 Å². The Kier molecular flexibility index (Phi) is 4.27. The van der Waals surface area contributed by atoms with Crippen molar-refractivity contribution in [3.63, 3.8) is 0 Å². The molecule has 0 unspecified atom stereocenters. The minimum absolute atomic E-state index is 0.603. The molecular weight excluding hydrogens is 307 g/mol. The molecule has 0 N–H and O–H groups in total. The fourth-order valence-electron chi connectivity index (χ4n) is 3.64. The summed E-state index contributed by atoms with van der Waals surface area (Å²) >= 11 is 1.74. The van der Waals surface area contributed by atoms with Gasteiger partial charge in [0.05, 0.1) is 5.01 Å². The molecule has 0 atom stereocenters. The average molecular weight is 328 g/mol. The van der Waals surface area contributed by atoms with Crippen LogP contribution in [0.2, 0.25) is 0 Å². The molecule has 1 aliphatic carbocycles. The summed E-state index contributed by atoms with van der Waals surface area (Å²) < 4.78 is 13.0. The summed E-state index contributed by atoms with van der Waals surface area (Å²) in [6.45, 7) is 2.23. The maximum atomic E-state index is 13.0. The summed E-state index contributed by atoms with van der Waals surface area (Å²) in [7, 11) is 0. The number of likely N-dealkylation sites (tertiary alicyclic amines) is 1. The second kappa shape index (κ2) is 6.54. The zero-order valence-electron chi connectivity index (χ0n) is 13.2. The van der Waals surface area contributed by atoms with E-state index in [1.165, 1.54) is 21.7 Å². The Morgan fingerprint density at radius 3 is 2.83 bits per heavy atom. The molecule has 0 spiro atoms.